The molecule has 15 heavy (non-hydrogen) atoms. The lowest BCUT2D eigenvalue weighted by atomic mass is 10.1. The number of methoxy groups -OCH3 is 1. The Bertz CT molecular complexity index is 343. The third-order valence-electron chi connectivity index (χ3n) is 1.93. The molecule has 4 nitrogen and oxygen atoms in total. The average molecular weight is 209 g/mol. The van der Waals surface area contributed by atoms with Crippen molar-refractivity contribution in [2.75, 3.05) is 12.8 Å². The molecule has 0 fully saturated rings. The SMILES string of the molecule is COC(=O)C(C)(C)Oc1ccc(N)cc1. The molecule has 1 aromatic rings. The van der Waals surface area contributed by atoms with Gasteiger partial charge in [0.1, 0.15) is 5.75 Å². The molecule has 1 rings (SSSR count). The van der Waals surface area contributed by atoms with Gasteiger partial charge in [-0.15, -0.1) is 0 Å². The van der Waals surface area contributed by atoms with E-state index in [-0.39, 0.29) is 0 Å². The molecule has 0 spiro atoms. The summed E-state index contributed by atoms with van der Waals surface area (Å²) >= 11 is 0. The fraction of sp³-hybridized carbons (Fsp3) is 0.364. The van der Waals surface area contributed by atoms with Crippen LogP contribution in [-0.4, -0.2) is 18.7 Å². The first-order valence-corrected chi connectivity index (χ1v) is 4.58. The predicted molar refractivity (Wildman–Crippen MR) is 57.6 cm³/mol. The molecule has 82 valence electrons. The van der Waals surface area contributed by atoms with Crippen molar-refractivity contribution >= 4 is 11.7 Å². The van der Waals surface area contributed by atoms with Crippen LogP contribution in [0, 0.1) is 0 Å². The summed E-state index contributed by atoms with van der Waals surface area (Å²) in [5, 5.41) is 0. The fourth-order valence-electron chi connectivity index (χ4n) is 1.12. The van der Waals surface area contributed by atoms with E-state index in [4.69, 9.17) is 10.5 Å². The highest BCUT2D eigenvalue weighted by Gasteiger charge is 2.30. The summed E-state index contributed by atoms with van der Waals surface area (Å²) in [5.41, 5.74) is 5.19. The molecular formula is C11H15NO3. The lowest BCUT2D eigenvalue weighted by Crippen LogP contribution is -2.39. The number of carbonyl (C=O) groups excluding carboxylic acids is 1. The van der Waals surface area contributed by atoms with Crippen LogP contribution in [0.1, 0.15) is 13.8 Å². The Balaban J connectivity index is 2.77. The van der Waals surface area contributed by atoms with Crippen LogP contribution in [0.4, 0.5) is 5.69 Å². The van der Waals surface area contributed by atoms with Crippen LogP contribution in [0.5, 0.6) is 5.75 Å². The minimum Gasteiger partial charge on any atom is -0.476 e. The average Bonchev–Trinajstić information content (AvgIpc) is 2.20. The second kappa shape index (κ2) is 4.21. The minimum absolute atomic E-state index is 0.417. The Morgan fingerprint density at radius 1 is 1.27 bits per heavy atom. The van der Waals surface area contributed by atoms with Crippen molar-refractivity contribution in [1.29, 1.82) is 0 Å². The van der Waals surface area contributed by atoms with Gasteiger partial charge in [-0.1, -0.05) is 0 Å². The standard InChI is InChI=1S/C11H15NO3/c1-11(2,10(13)14-3)15-9-6-4-8(12)5-7-9/h4-7H,12H2,1-3H3. The van der Waals surface area contributed by atoms with Crippen molar-refractivity contribution in [3.05, 3.63) is 24.3 Å². The Morgan fingerprint density at radius 2 is 1.80 bits per heavy atom. The fourth-order valence-corrected chi connectivity index (χ4v) is 1.12. The molecule has 0 atom stereocenters. The molecule has 0 aliphatic carbocycles. The molecule has 0 saturated heterocycles. The van der Waals surface area contributed by atoms with Crippen molar-refractivity contribution in [3.63, 3.8) is 0 Å². The molecule has 0 radical (unpaired) electrons. The molecule has 0 unspecified atom stereocenters. The highest BCUT2D eigenvalue weighted by molar-refractivity contribution is 5.78. The van der Waals surface area contributed by atoms with Gasteiger partial charge in [-0.25, -0.2) is 4.79 Å². The van der Waals surface area contributed by atoms with Crippen molar-refractivity contribution < 1.29 is 14.3 Å². The topological polar surface area (TPSA) is 61.5 Å². The smallest absolute Gasteiger partial charge is 0.349 e. The summed E-state index contributed by atoms with van der Waals surface area (Å²) in [7, 11) is 1.33. The Hall–Kier alpha value is -1.71. The quantitative estimate of drug-likeness (QED) is 0.606. The van der Waals surface area contributed by atoms with Crippen molar-refractivity contribution in [1.82, 2.24) is 0 Å². The summed E-state index contributed by atoms with van der Waals surface area (Å²) in [6.45, 7) is 3.30. The first kappa shape index (κ1) is 11.4. The molecule has 4 heteroatoms. The van der Waals surface area contributed by atoms with Crippen LogP contribution in [-0.2, 0) is 9.53 Å². The van der Waals surface area contributed by atoms with Gasteiger partial charge in [0.2, 0.25) is 0 Å². The van der Waals surface area contributed by atoms with Gasteiger partial charge in [0, 0.05) is 5.69 Å². The van der Waals surface area contributed by atoms with Crippen LogP contribution < -0.4 is 10.5 Å². The van der Waals surface area contributed by atoms with Gasteiger partial charge >= 0.3 is 5.97 Å². The number of esters is 1. The maximum atomic E-state index is 11.3. The number of carbonyl (C=O) groups is 1. The van der Waals surface area contributed by atoms with E-state index >= 15 is 0 Å². The van der Waals surface area contributed by atoms with Gasteiger partial charge in [0.15, 0.2) is 5.60 Å². The molecule has 0 aliphatic heterocycles. The largest absolute Gasteiger partial charge is 0.476 e. The number of nitrogens with two attached hydrogens (primary N) is 1. The van der Waals surface area contributed by atoms with Crippen LogP contribution in [0.25, 0.3) is 0 Å². The van der Waals surface area contributed by atoms with Crippen molar-refractivity contribution in [2.45, 2.75) is 19.4 Å². The third kappa shape index (κ3) is 2.87. The van der Waals surface area contributed by atoms with Gasteiger partial charge in [-0.3, -0.25) is 0 Å². The molecule has 1 aromatic carbocycles. The summed E-state index contributed by atoms with van der Waals surface area (Å²) in [5.74, 6) is 0.166. The van der Waals surface area contributed by atoms with Crippen LogP contribution >= 0.6 is 0 Å². The van der Waals surface area contributed by atoms with E-state index in [1.54, 1.807) is 38.1 Å². The van der Waals surface area contributed by atoms with E-state index in [9.17, 15) is 4.79 Å². The summed E-state index contributed by atoms with van der Waals surface area (Å²) in [4.78, 5) is 11.3. The molecule has 0 bridgehead atoms. The van der Waals surface area contributed by atoms with Crippen LogP contribution in [0.2, 0.25) is 0 Å². The first-order chi connectivity index (χ1) is 6.95. The molecule has 0 aliphatic rings. The lowest BCUT2D eigenvalue weighted by Gasteiger charge is -2.23. The van der Waals surface area contributed by atoms with Gasteiger partial charge in [-0.2, -0.15) is 0 Å². The summed E-state index contributed by atoms with van der Waals surface area (Å²) < 4.78 is 10.1. The van der Waals surface area contributed by atoms with Gasteiger partial charge in [0.05, 0.1) is 7.11 Å². The van der Waals surface area contributed by atoms with Gasteiger partial charge < -0.3 is 15.2 Å². The third-order valence-corrected chi connectivity index (χ3v) is 1.93. The van der Waals surface area contributed by atoms with E-state index in [2.05, 4.69) is 4.74 Å². The zero-order valence-corrected chi connectivity index (χ0v) is 9.11. The second-order valence-corrected chi connectivity index (χ2v) is 3.67. The van der Waals surface area contributed by atoms with Crippen molar-refractivity contribution in [3.8, 4) is 5.75 Å². The molecule has 0 saturated carbocycles. The maximum absolute atomic E-state index is 11.3. The monoisotopic (exact) mass is 209 g/mol. The predicted octanol–water partition coefficient (Wildman–Crippen LogP) is 1.60. The number of benzene rings is 1. The zero-order chi connectivity index (χ0) is 11.5. The number of anilines is 1. The maximum Gasteiger partial charge on any atom is 0.349 e. The Morgan fingerprint density at radius 3 is 2.27 bits per heavy atom. The number of hydrogen-bond acceptors (Lipinski definition) is 4. The second-order valence-electron chi connectivity index (χ2n) is 3.67. The Labute approximate surface area is 89.0 Å². The number of ether oxygens (including phenoxy) is 2. The van der Waals surface area contributed by atoms with Crippen LogP contribution in [0.3, 0.4) is 0 Å². The summed E-state index contributed by atoms with van der Waals surface area (Å²) in [6.07, 6.45) is 0. The molecule has 2 N–H and O–H groups in total. The van der Waals surface area contributed by atoms with E-state index < -0.39 is 11.6 Å². The van der Waals surface area contributed by atoms with E-state index in [1.807, 2.05) is 0 Å². The highest BCUT2D eigenvalue weighted by Crippen LogP contribution is 2.20. The molecule has 0 heterocycles. The Kier molecular flexibility index (Phi) is 3.19. The van der Waals surface area contributed by atoms with Crippen LogP contribution in [0.15, 0.2) is 24.3 Å². The molecular weight excluding hydrogens is 194 g/mol. The van der Waals surface area contributed by atoms with Crippen molar-refractivity contribution in [2.24, 2.45) is 0 Å². The first-order valence-electron chi connectivity index (χ1n) is 4.58. The zero-order valence-electron chi connectivity index (χ0n) is 9.11. The highest BCUT2D eigenvalue weighted by atomic mass is 16.6. The number of nitrogen functional groups attached to an aromatic ring is 1. The normalized spacial score (nSPS) is 10.9. The molecule has 0 aromatic heterocycles. The van der Waals surface area contributed by atoms with E-state index in [0.717, 1.165) is 0 Å². The van der Waals surface area contributed by atoms with Gasteiger partial charge in [0.25, 0.3) is 0 Å². The molecule has 0 amide bonds. The minimum atomic E-state index is -0.995. The number of rotatable bonds is 3. The van der Waals surface area contributed by atoms with E-state index in [1.165, 1.54) is 7.11 Å². The lowest BCUT2D eigenvalue weighted by molar-refractivity contribution is -0.156. The number of hydrogen-bond donors (Lipinski definition) is 1. The van der Waals surface area contributed by atoms with Gasteiger partial charge in [-0.05, 0) is 38.1 Å². The summed E-state index contributed by atoms with van der Waals surface area (Å²) in [6, 6.07) is 6.84. The van der Waals surface area contributed by atoms with E-state index in [0.29, 0.717) is 11.4 Å².